The number of carbonyl (C=O) groups is 2. The summed E-state index contributed by atoms with van der Waals surface area (Å²) in [4.78, 5) is 27.9. The van der Waals surface area contributed by atoms with Gasteiger partial charge in [0.1, 0.15) is 17.3 Å². The molecule has 1 aromatic heterocycles. The topological polar surface area (TPSA) is 71.8 Å². The van der Waals surface area contributed by atoms with Crippen LogP contribution in [0.2, 0.25) is 0 Å². The Morgan fingerprint density at radius 2 is 1.68 bits per heavy atom. The fourth-order valence-corrected chi connectivity index (χ4v) is 4.93. The second-order valence-electron chi connectivity index (χ2n) is 9.33. The summed E-state index contributed by atoms with van der Waals surface area (Å²) in [5.41, 5.74) is 3.87. The Bertz CT molecular complexity index is 1650. The van der Waals surface area contributed by atoms with Crippen LogP contribution in [0.15, 0.2) is 101 Å². The highest BCUT2D eigenvalue weighted by molar-refractivity contribution is 6.13. The third-order valence-corrected chi connectivity index (χ3v) is 6.93. The van der Waals surface area contributed by atoms with Gasteiger partial charge < -0.3 is 19.4 Å². The molecule has 0 bridgehead atoms. The molecule has 188 valence electrons. The molecule has 6 rings (SSSR count). The van der Waals surface area contributed by atoms with E-state index in [-0.39, 0.29) is 11.8 Å². The molecule has 0 aliphatic carbocycles. The molecule has 0 fully saturated rings. The first-order valence-corrected chi connectivity index (χ1v) is 12.5. The van der Waals surface area contributed by atoms with Gasteiger partial charge in [0.15, 0.2) is 0 Å². The number of fused-ring (bicyclic) bond motifs is 2. The van der Waals surface area contributed by atoms with Gasteiger partial charge in [-0.2, -0.15) is 0 Å². The lowest BCUT2D eigenvalue weighted by Gasteiger charge is -2.26. The van der Waals surface area contributed by atoms with Crippen molar-refractivity contribution in [3.8, 4) is 17.1 Å². The fraction of sp³-hybridized carbons (Fsp3) is 0.125. The normalized spacial score (nSPS) is 12.7. The lowest BCUT2D eigenvalue weighted by molar-refractivity contribution is 0.0729. The van der Waals surface area contributed by atoms with E-state index in [2.05, 4.69) is 5.32 Å². The summed E-state index contributed by atoms with van der Waals surface area (Å²) in [5, 5.41) is 4.95. The van der Waals surface area contributed by atoms with E-state index in [4.69, 9.17) is 9.15 Å². The summed E-state index contributed by atoms with van der Waals surface area (Å²) in [6.45, 7) is 1.09. The number of nitrogens with zero attached hydrogens (tertiary/aromatic N) is 1. The van der Waals surface area contributed by atoms with Gasteiger partial charge >= 0.3 is 0 Å². The highest BCUT2D eigenvalue weighted by atomic mass is 16.5. The molecule has 1 N–H and O–H groups in total. The fourth-order valence-electron chi connectivity index (χ4n) is 4.93. The van der Waals surface area contributed by atoms with Gasteiger partial charge in [0.25, 0.3) is 11.8 Å². The second kappa shape index (κ2) is 9.90. The first-order chi connectivity index (χ1) is 18.6. The number of carbonyl (C=O) groups excluding carboxylic acids is 2. The van der Waals surface area contributed by atoms with Gasteiger partial charge in [-0.25, -0.2) is 0 Å². The molecule has 1 aliphatic heterocycles. The van der Waals surface area contributed by atoms with Crippen LogP contribution in [0.1, 0.15) is 32.0 Å². The number of amides is 2. The Morgan fingerprint density at radius 1 is 0.895 bits per heavy atom. The molecule has 6 heteroatoms. The van der Waals surface area contributed by atoms with Crippen LogP contribution in [-0.4, -0.2) is 30.4 Å². The molecule has 0 radical (unpaired) electrons. The van der Waals surface area contributed by atoms with E-state index < -0.39 is 0 Å². The molecule has 0 unspecified atom stereocenters. The molecule has 0 saturated heterocycles. The maximum absolute atomic E-state index is 13.1. The average molecular weight is 503 g/mol. The largest absolute Gasteiger partial charge is 0.497 e. The van der Waals surface area contributed by atoms with Gasteiger partial charge in [0.05, 0.1) is 7.11 Å². The van der Waals surface area contributed by atoms with Crippen molar-refractivity contribution >= 4 is 28.3 Å². The van der Waals surface area contributed by atoms with Crippen LogP contribution in [0.3, 0.4) is 0 Å². The molecule has 38 heavy (non-hydrogen) atoms. The second-order valence-corrected chi connectivity index (χ2v) is 9.33. The van der Waals surface area contributed by atoms with Crippen molar-refractivity contribution in [3.05, 3.63) is 120 Å². The van der Waals surface area contributed by atoms with Gasteiger partial charge in [-0.15, -0.1) is 0 Å². The van der Waals surface area contributed by atoms with Crippen molar-refractivity contribution in [3.63, 3.8) is 0 Å². The Kier molecular flexibility index (Phi) is 6.14. The van der Waals surface area contributed by atoms with E-state index in [0.29, 0.717) is 42.1 Å². The molecule has 0 atom stereocenters. The Labute approximate surface area is 220 Å². The van der Waals surface area contributed by atoms with Gasteiger partial charge in [-0.05, 0) is 65.4 Å². The van der Waals surface area contributed by atoms with Crippen LogP contribution in [0.25, 0.3) is 22.1 Å². The van der Waals surface area contributed by atoms with E-state index in [9.17, 15) is 9.59 Å². The quantitative estimate of drug-likeness (QED) is 0.295. The molecule has 2 amide bonds. The summed E-state index contributed by atoms with van der Waals surface area (Å²) in [7, 11) is 1.59. The first kappa shape index (κ1) is 23.6. The van der Waals surface area contributed by atoms with Crippen LogP contribution < -0.4 is 10.1 Å². The number of hydrogen-bond acceptors (Lipinski definition) is 4. The van der Waals surface area contributed by atoms with Gasteiger partial charge in [-0.3, -0.25) is 9.59 Å². The number of hydrogen-bond donors (Lipinski definition) is 1. The average Bonchev–Trinajstić information content (AvgIpc) is 3.40. The van der Waals surface area contributed by atoms with Crippen molar-refractivity contribution in [1.29, 1.82) is 0 Å². The standard InChI is InChI=1S/C32H26N2O4/c1-37-26-9-4-8-23(18-26)32(36)34-17-16-29-24(20-34)19-30(38-29)22-12-14-25(15-13-22)33-31(35)28-11-5-7-21-6-2-3-10-27(21)28/h2-15,18-19H,16-17,20H2,1H3,(H,33,35). The number of furan rings is 1. The van der Waals surface area contributed by atoms with Crippen LogP contribution in [0, 0.1) is 0 Å². The van der Waals surface area contributed by atoms with Crippen molar-refractivity contribution < 1.29 is 18.7 Å². The van der Waals surface area contributed by atoms with Crippen molar-refractivity contribution in [1.82, 2.24) is 4.90 Å². The molecular weight excluding hydrogens is 476 g/mol. The summed E-state index contributed by atoms with van der Waals surface area (Å²) in [6, 6.07) is 30.4. The maximum atomic E-state index is 13.1. The lowest BCUT2D eigenvalue weighted by atomic mass is 10.0. The SMILES string of the molecule is COc1cccc(C(=O)N2CCc3oc(-c4ccc(NC(=O)c5cccc6ccccc56)cc4)cc3C2)c1. The Morgan fingerprint density at radius 3 is 2.53 bits per heavy atom. The molecule has 1 aliphatic rings. The highest BCUT2D eigenvalue weighted by Gasteiger charge is 2.25. The van der Waals surface area contributed by atoms with E-state index in [0.717, 1.165) is 33.4 Å². The zero-order valence-electron chi connectivity index (χ0n) is 20.9. The summed E-state index contributed by atoms with van der Waals surface area (Å²) < 4.78 is 11.4. The van der Waals surface area contributed by atoms with E-state index in [1.807, 2.05) is 95.9 Å². The van der Waals surface area contributed by atoms with Gasteiger partial charge in [-0.1, -0.05) is 42.5 Å². The maximum Gasteiger partial charge on any atom is 0.256 e. The Balaban J connectivity index is 1.16. The minimum absolute atomic E-state index is 0.0245. The number of anilines is 1. The number of benzene rings is 4. The number of nitrogens with one attached hydrogen (secondary N) is 1. The van der Waals surface area contributed by atoms with E-state index in [1.165, 1.54) is 0 Å². The number of methoxy groups -OCH3 is 1. The smallest absolute Gasteiger partial charge is 0.256 e. The summed E-state index contributed by atoms with van der Waals surface area (Å²) in [6.07, 6.45) is 0.657. The molecule has 5 aromatic rings. The molecule has 2 heterocycles. The summed E-state index contributed by atoms with van der Waals surface area (Å²) in [5.74, 6) is 2.14. The van der Waals surface area contributed by atoms with Crippen LogP contribution in [-0.2, 0) is 13.0 Å². The minimum atomic E-state index is -0.149. The van der Waals surface area contributed by atoms with E-state index in [1.54, 1.807) is 13.2 Å². The van der Waals surface area contributed by atoms with Crippen molar-refractivity contribution in [2.45, 2.75) is 13.0 Å². The predicted molar refractivity (Wildman–Crippen MR) is 147 cm³/mol. The van der Waals surface area contributed by atoms with Crippen LogP contribution >= 0.6 is 0 Å². The lowest BCUT2D eigenvalue weighted by Crippen LogP contribution is -2.35. The number of ether oxygens (including phenoxy) is 1. The zero-order valence-corrected chi connectivity index (χ0v) is 20.9. The first-order valence-electron chi connectivity index (χ1n) is 12.5. The third-order valence-electron chi connectivity index (χ3n) is 6.93. The van der Waals surface area contributed by atoms with Crippen LogP contribution in [0.5, 0.6) is 5.75 Å². The van der Waals surface area contributed by atoms with E-state index >= 15 is 0 Å². The Hall–Kier alpha value is -4.84. The molecular formula is C32H26N2O4. The molecule has 0 saturated carbocycles. The molecule has 0 spiro atoms. The summed E-state index contributed by atoms with van der Waals surface area (Å²) >= 11 is 0. The van der Waals surface area contributed by atoms with Crippen molar-refractivity contribution in [2.75, 3.05) is 19.0 Å². The number of rotatable bonds is 5. The monoisotopic (exact) mass is 502 g/mol. The molecule has 4 aromatic carbocycles. The van der Waals surface area contributed by atoms with Gasteiger partial charge in [0, 0.05) is 47.5 Å². The molecule has 6 nitrogen and oxygen atoms in total. The zero-order chi connectivity index (χ0) is 26.1. The predicted octanol–water partition coefficient (Wildman–Crippen LogP) is 6.56. The van der Waals surface area contributed by atoms with Crippen LogP contribution in [0.4, 0.5) is 5.69 Å². The van der Waals surface area contributed by atoms with Crippen molar-refractivity contribution in [2.24, 2.45) is 0 Å². The third kappa shape index (κ3) is 4.52. The van der Waals surface area contributed by atoms with Gasteiger partial charge in [0.2, 0.25) is 0 Å². The minimum Gasteiger partial charge on any atom is -0.497 e. The highest BCUT2D eigenvalue weighted by Crippen LogP contribution is 2.31.